The molecule has 0 amide bonds. The van der Waals surface area contributed by atoms with Gasteiger partial charge in [0.1, 0.15) is 0 Å². The Bertz CT molecular complexity index is 1540. The predicted molar refractivity (Wildman–Crippen MR) is 144 cm³/mol. The lowest BCUT2D eigenvalue weighted by atomic mass is 9.92. The van der Waals surface area contributed by atoms with Crippen molar-refractivity contribution in [2.45, 2.75) is 13.0 Å². The quantitative estimate of drug-likeness (QED) is 0.288. The molecular formula is C26H21Br2N3O2S. The van der Waals surface area contributed by atoms with Gasteiger partial charge in [-0.2, -0.15) is 0 Å². The minimum absolute atomic E-state index is 0.487. The van der Waals surface area contributed by atoms with Gasteiger partial charge >= 0.3 is 0 Å². The number of hydrogen-bond acceptors (Lipinski definition) is 4. The highest BCUT2D eigenvalue weighted by molar-refractivity contribution is 9.10. The van der Waals surface area contributed by atoms with E-state index in [1.807, 2.05) is 67.6 Å². The first-order valence-electron chi connectivity index (χ1n) is 10.6. The lowest BCUT2D eigenvalue weighted by Gasteiger charge is -2.24. The Kier molecular flexibility index (Phi) is 6.10. The highest BCUT2D eigenvalue weighted by Crippen LogP contribution is 2.41. The van der Waals surface area contributed by atoms with Crippen molar-refractivity contribution in [3.8, 4) is 11.1 Å². The van der Waals surface area contributed by atoms with E-state index in [-0.39, 0.29) is 0 Å². The Morgan fingerprint density at radius 2 is 1.59 bits per heavy atom. The maximum Gasteiger partial charge on any atom is 0.228 e. The molecule has 1 aliphatic rings. The van der Waals surface area contributed by atoms with Crippen LogP contribution in [0.3, 0.4) is 0 Å². The van der Waals surface area contributed by atoms with E-state index in [4.69, 9.17) is 4.98 Å². The van der Waals surface area contributed by atoms with Crippen molar-refractivity contribution in [3.05, 3.63) is 105 Å². The standard InChI is InChI=1S/C26H21Br2N3O2S/c1-16-25(23-15-24(31(30-23)34(2,32)33)17-8-10-19(27)11-9-17)26(18-6-4-3-5-7-18)21-14-20(28)12-13-22(21)29-16/h3-15,24,30H,1-2H3/t24-/m1/s1. The first-order valence-corrected chi connectivity index (χ1v) is 14.0. The van der Waals surface area contributed by atoms with Crippen molar-refractivity contribution in [3.63, 3.8) is 0 Å². The molecule has 0 bridgehead atoms. The van der Waals surface area contributed by atoms with Crippen LogP contribution in [-0.4, -0.2) is 24.1 Å². The summed E-state index contributed by atoms with van der Waals surface area (Å²) in [6.07, 6.45) is 3.17. The lowest BCUT2D eigenvalue weighted by Crippen LogP contribution is -2.38. The first kappa shape index (κ1) is 23.2. The molecule has 1 aliphatic heterocycles. The SMILES string of the molecule is Cc1nc2ccc(Br)cc2c(-c2ccccc2)c1C1=C[C@H](c2ccc(Br)cc2)N(S(C)(=O)=O)N1. The summed E-state index contributed by atoms with van der Waals surface area (Å²) >= 11 is 7.05. The average molecular weight is 599 g/mol. The van der Waals surface area contributed by atoms with Crippen molar-refractivity contribution < 1.29 is 8.42 Å². The van der Waals surface area contributed by atoms with Crippen LogP contribution in [0.5, 0.6) is 0 Å². The third kappa shape index (κ3) is 4.31. The van der Waals surface area contributed by atoms with Gasteiger partial charge in [0.05, 0.1) is 23.5 Å². The number of nitrogens with one attached hydrogen (secondary N) is 1. The van der Waals surface area contributed by atoms with Gasteiger partial charge in [-0.25, -0.2) is 8.42 Å². The molecule has 4 aromatic rings. The summed E-state index contributed by atoms with van der Waals surface area (Å²) in [6.45, 7) is 1.96. The van der Waals surface area contributed by atoms with Crippen LogP contribution in [-0.2, 0) is 10.0 Å². The number of nitrogens with zero attached hydrogens (tertiary/aromatic N) is 2. The average Bonchev–Trinajstić information content (AvgIpc) is 3.25. The summed E-state index contributed by atoms with van der Waals surface area (Å²) in [5.41, 5.74) is 9.38. The number of rotatable bonds is 4. The molecule has 0 spiro atoms. The van der Waals surface area contributed by atoms with Gasteiger partial charge in [0.2, 0.25) is 10.0 Å². The van der Waals surface area contributed by atoms with Crippen molar-refractivity contribution >= 4 is 58.5 Å². The van der Waals surface area contributed by atoms with Crippen LogP contribution in [0.15, 0.2) is 87.8 Å². The number of hydrogen-bond donors (Lipinski definition) is 1. The van der Waals surface area contributed by atoms with Gasteiger partial charge in [-0.05, 0) is 54.5 Å². The van der Waals surface area contributed by atoms with Crippen LogP contribution in [0, 0.1) is 6.92 Å². The number of fused-ring (bicyclic) bond motifs is 1. The normalized spacial score (nSPS) is 16.5. The summed E-state index contributed by atoms with van der Waals surface area (Å²) < 4.78 is 28.7. The number of halogens is 2. The molecular weight excluding hydrogens is 578 g/mol. The fourth-order valence-electron chi connectivity index (χ4n) is 4.36. The minimum Gasteiger partial charge on any atom is -0.304 e. The minimum atomic E-state index is -3.56. The van der Waals surface area contributed by atoms with Gasteiger partial charge < -0.3 is 5.43 Å². The largest absolute Gasteiger partial charge is 0.304 e. The number of sulfonamides is 1. The molecule has 5 nitrogen and oxygen atoms in total. The van der Waals surface area contributed by atoms with Gasteiger partial charge in [-0.3, -0.25) is 4.98 Å². The number of benzene rings is 3. The summed E-state index contributed by atoms with van der Waals surface area (Å²) in [4.78, 5) is 4.87. The Hall–Kier alpha value is -2.52. The maximum atomic E-state index is 12.8. The van der Waals surface area contributed by atoms with Gasteiger partial charge in [0.25, 0.3) is 0 Å². The molecule has 1 aromatic heterocycles. The van der Waals surface area contributed by atoms with Crippen LogP contribution < -0.4 is 5.43 Å². The van der Waals surface area contributed by atoms with E-state index in [9.17, 15) is 8.42 Å². The van der Waals surface area contributed by atoms with Crippen LogP contribution in [0.1, 0.15) is 22.9 Å². The molecule has 0 saturated carbocycles. The number of aryl methyl sites for hydroxylation is 1. The van der Waals surface area contributed by atoms with Crippen LogP contribution in [0.4, 0.5) is 0 Å². The lowest BCUT2D eigenvalue weighted by molar-refractivity contribution is 0.351. The Labute approximate surface area is 215 Å². The maximum absolute atomic E-state index is 12.8. The number of hydrazine groups is 1. The monoisotopic (exact) mass is 597 g/mol. The van der Waals surface area contributed by atoms with Gasteiger partial charge in [-0.1, -0.05) is 74.3 Å². The zero-order valence-corrected chi connectivity index (χ0v) is 22.4. The van der Waals surface area contributed by atoms with Crippen LogP contribution >= 0.6 is 31.9 Å². The Balaban J connectivity index is 1.78. The van der Waals surface area contributed by atoms with E-state index in [0.717, 1.165) is 47.8 Å². The molecule has 1 atom stereocenters. The van der Waals surface area contributed by atoms with E-state index in [0.29, 0.717) is 5.70 Å². The van der Waals surface area contributed by atoms with E-state index in [1.165, 1.54) is 10.7 Å². The molecule has 0 unspecified atom stereocenters. The Morgan fingerprint density at radius 1 is 0.912 bits per heavy atom. The van der Waals surface area contributed by atoms with Crippen molar-refractivity contribution in [2.24, 2.45) is 0 Å². The van der Waals surface area contributed by atoms with Gasteiger partial charge in [-0.15, -0.1) is 4.41 Å². The van der Waals surface area contributed by atoms with E-state index < -0.39 is 16.1 Å². The summed E-state index contributed by atoms with van der Waals surface area (Å²) in [7, 11) is -3.56. The van der Waals surface area contributed by atoms with E-state index in [1.54, 1.807) is 0 Å². The van der Waals surface area contributed by atoms with E-state index in [2.05, 4.69) is 55.5 Å². The van der Waals surface area contributed by atoms with Crippen molar-refractivity contribution in [1.29, 1.82) is 0 Å². The molecule has 172 valence electrons. The third-order valence-electron chi connectivity index (χ3n) is 5.84. The summed E-state index contributed by atoms with van der Waals surface area (Å²) in [5.74, 6) is 0. The smallest absolute Gasteiger partial charge is 0.228 e. The van der Waals surface area contributed by atoms with Crippen molar-refractivity contribution in [2.75, 3.05) is 6.26 Å². The molecule has 34 heavy (non-hydrogen) atoms. The van der Waals surface area contributed by atoms with Crippen molar-refractivity contribution in [1.82, 2.24) is 14.8 Å². The van der Waals surface area contributed by atoms with Crippen LogP contribution in [0.25, 0.3) is 27.7 Å². The highest BCUT2D eigenvalue weighted by atomic mass is 79.9. The van der Waals surface area contributed by atoms with Gasteiger partial charge in [0.15, 0.2) is 0 Å². The summed E-state index contributed by atoms with van der Waals surface area (Å²) in [5, 5.41) is 0.988. The highest BCUT2D eigenvalue weighted by Gasteiger charge is 2.35. The molecule has 3 aromatic carbocycles. The molecule has 2 heterocycles. The summed E-state index contributed by atoms with van der Waals surface area (Å²) in [6, 6.07) is 23.3. The second kappa shape index (κ2) is 8.92. The number of aromatic nitrogens is 1. The second-order valence-corrected chi connectivity index (χ2v) is 11.9. The second-order valence-electron chi connectivity index (χ2n) is 8.22. The van der Waals surface area contributed by atoms with Gasteiger partial charge in [0, 0.05) is 31.2 Å². The molecule has 0 fully saturated rings. The van der Waals surface area contributed by atoms with E-state index >= 15 is 0 Å². The fourth-order valence-corrected chi connectivity index (χ4v) is 5.85. The zero-order valence-electron chi connectivity index (χ0n) is 18.5. The Morgan fingerprint density at radius 3 is 2.26 bits per heavy atom. The first-order chi connectivity index (χ1) is 16.2. The molecule has 1 N–H and O–H groups in total. The fraction of sp³-hybridized carbons (Fsp3) is 0.115. The molecule has 0 saturated heterocycles. The zero-order chi connectivity index (χ0) is 24.0. The topological polar surface area (TPSA) is 62.3 Å². The molecule has 5 rings (SSSR count). The molecule has 0 aliphatic carbocycles. The third-order valence-corrected chi connectivity index (χ3v) is 7.89. The van der Waals surface area contributed by atoms with Crippen LogP contribution in [0.2, 0.25) is 0 Å². The molecule has 8 heteroatoms. The number of pyridine rings is 1. The molecule has 0 radical (unpaired) electrons. The predicted octanol–water partition coefficient (Wildman–Crippen LogP) is 6.60.